The molecule has 2 fully saturated rings. The van der Waals surface area contributed by atoms with Crippen molar-refractivity contribution in [2.45, 2.75) is 46.1 Å². The van der Waals surface area contributed by atoms with Crippen molar-refractivity contribution in [3.8, 4) is 5.75 Å². The molecule has 1 aromatic heterocycles. The Kier molecular flexibility index (Phi) is 5.08. The van der Waals surface area contributed by atoms with E-state index in [0.29, 0.717) is 36.4 Å². The number of piperidine rings is 1. The Labute approximate surface area is 175 Å². The van der Waals surface area contributed by atoms with Gasteiger partial charge >= 0.3 is 5.63 Å². The average Bonchev–Trinajstić information content (AvgIpc) is 2.99. The Morgan fingerprint density at radius 3 is 2.50 bits per heavy atom. The molecule has 1 aromatic carbocycles. The number of rotatable bonds is 3. The van der Waals surface area contributed by atoms with Crippen molar-refractivity contribution in [1.29, 1.82) is 0 Å². The number of hydrogen-bond acceptors (Lipinski definition) is 5. The van der Waals surface area contributed by atoms with Crippen molar-refractivity contribution >= 4 is 22.8 Å². The van der Waals surface area contributed by atoms with Gasteiger partial charge in [0.15, 0.2) is 6.10 Å². The van der Waals surface area contributed by atoms with Crippen LogP contribution in [0.3, 0.4) is 0 Å². The number of likely N-dealkylation sites (tertiary alicyclic amines) is 2. The minimum Gasteiger partial charge on any atom is -0.481 e. The van der Waals surface area contributed by atoms with Crippen molar-refractivity contribution in [2.24, 2.45) is 5.41 Å². The highest BCUT2D eigenvalue weighted by Gasteiger charge is 2.44. The summed E-state index contributed by atoms with van der Waals surface area (Å²) in [6.07, 6.45) is 1.60. The normalized spacial score (nSPS) is 19.5. The molecule has 2 aliphatic heterocycles. The summed E-state index contributed by atoms with van der Waals surface area (Å²) in [5, 5.41) is 0.857. The lowest BCUT2D eigenvalue weighted by Gasteiger charge is -2.39. The number of aryl methyl sites for hydroxylation is 1. The SMILES string of the molecule is Cc1c(C)c2ccc(OC(C)C(=O)N3CCC4(CC3)CC(=O)N(C)C4)cc2oc1=O. The van der Waals surface area contributed by atoms with Gasteiger partial charge in [0.05, 0.1) is 0 Å². The molecule has 2 aromatic rings. The molecule has 1 atom stereocenters. The topological polar surface area (TPSA) is 80.1 Å². The molecule has 2 saturated heterocycles. The monoisotopic (exact) mass is 412 g/mol. The van der Waals surface area contributed by atoms with Crippen LogP contribution >= 0.6 is 0 Å². The van der Waals surface area contributed by atoms with E-state index in [0.717, 1.165) is 30.3 Å². The van der Waals surface area contributed by atoms with Crippen LogP contribution in [0.4, 0.5) is 0 Å². The second-order valence-electron chi connectivity index (χ2n) is 8.81. The summed E-state index contributed by atoms with van der Waals surface area (Å²) in [6.45, 7) is 7.42. The molecule has 0 N–H and O–H groups in total. The Morgan fingerprint density at radius 1 is 1.17 bits per heavy atom. The first kappa shape index (κ1) is 20.4. The number of fused-ring (bicyclic) bond motifs is 1. The maximum Gasteiger partial charge on any atom is 0.339 e. The van der Waals surface area contributed by atoms with Crippen molar-refractivity contribution in [3.63, 3.8) is 0 Å². The molecule has 160 valence electrons. The molecule has 30 heavy (non-hydrogen) atoms. The van der Waals surface area contributed by atoms with Gasteiger partial charge in [0.1, 0.15) is 11.3 Å². The highest BCUT2D eigenvalue weighted by molar-refractivity contribution is 5.83. The summed E-state index contributed by atoms with van der Waals surface area (Å²) in [5.41, 5.74) is 1.58. The largest absolute Gasteiger partial charge is 0.481 e. The first-order valence-electron chi connectivity index (χ1n) is 10.4. The van der Waals surface area contributed by atoms with Crippen LogP contribution in [0.1, 0.15) is 37.3 Å². The molecule has 7 heteroatoms. The first-order chi connectivity index (χ1) is 14.2. The number of nitrogens with zero attached hydrogens (tertiary/aromatic N) is 2. The molecule has 0 radical (unpaired) electrons. The third kappa shape index (κ3) is 3.57. The fourth-order valence-electron chi connectivity index (χ4n) is 4.65. The van der Waals surface area contributed by atoms with E-state index >= 15 is 0 Å². The van der Waals surface area contributed by atoms with Crippen LogP contribution < -0.4 is 10.4 Å². The van der Waals surface area contributed by atoms with Gasteiger partial charge in [-0.2, -0.15) is 0 Å². The molecule has 1 spiro atoms. The second-order valence-corrected chi connectivity index (χ2v) is 8.81. The summed E-state index contributed by atoms with van der Waals surface area (Å²) in [6, 6.07) is 5.31. The Morgan fingerprint density at radius 2 is 1.87 bits per heavy atom. The Balaban J connectivity index is 1.42. The zero-order chi connectivity index (χ0) is 21.6. The van der Waals surface area contributed by atoms with E-state index in [9.17, 15) is 14.4 Å². The molecule has 3 heterocycles. The van der Waals surface area contributed by atoms with Crippen molar-refractivity contribution < 1.29 is 18.7 Å². The van der Waals surface area contributed by atoms with E-state index in [4.69, 9.17) is 9.15 Å². The highest BCUT2D eigenvalue weighted by Crippen LogP contribution is 2.40. The molecule has 7 nitrogen and oxygen atoms in total. The number of amides is 2. The molecule has 2 amide bonds. The van der Waals surface area contributed by atoms with Crippen LogP contribution in [-0.2, 0) is 9.59 Å². The van der Waals surface area contributed by atoms with E-state index < -0.39 is 6.10 Å². The average molecular weight is 412 g/mol. The van der Waals surface area contributed by atoms with E-state index in [1.807, 2.05) is 24.9 Å². The van der Waals surface area contributed by atoms with Crippen LogP contribution in [0.25, 0.3) is 11.0 Å². The van der Waals surface area contributed by atoms with Gasteiger partial charge in [0.2, 0.25) is 5.91 Å². The van der Waals surface area contributed by atoms with Gasteiger partial charge < -0.3 is 19.0 Å². The van der Waals surface area contributed by atoms with E-state index in [2.05, 4.69) is 0 Å². The van der Waals surface area contributed by atoms with E-state index in [1.54, 1.807) is 30.9 Å². The molecule has 4 rings (SSSR count). The van der Waals surface area contributed by atoms with Crippen LogP contribution in [0.15, 0.2) is 27.4 Å². The summed E-state index contributed by atoms with van der Waals surface area (Å²) in [7, 11) is 1.85. The fraction of sp³-hybridized carbons (Fsp3) is 0.522. The maximum atomic E-state index is 12.9. The van der Waals surface area contributed by atoms with Crippen LogP contribution in [0, 0.1) is 19.3 Å². The Hall–Kier alpha value is -2.83. The zero-order valence-corrected chi connectivity index (χ0v) is 18.0. The van der Waals surface area contributed by atoms with E-state index in [1.165, 1.54) is 0 Å². The van der Waals surface area contributed by atoms with Crippen LogP contribution in [0.2, 0.25) is 0 Å². The van der Waals surface area contributed by atoms with Crippen molar-refractivity contribution in [2.75, 3.05) is 26.7 Å². The second kappa shape index (κ2) is 7.45. The molecule has 0 saturated carbocycles. The minimum absolute atomic E-state index is 0.0125. The number of carbonyl (C=O) groups excluding carboxylic acids is 2. The standard InChI is InChI=1S/C23H28N2O5/c1-14-15(2)22(28)30-19-11-17(5-6-18(14)19)29-16(3)21(27)25-9-7-23(8-10-25)12-20(26)24(4)13-23/h5-6,11,16H,7-10,12-13H2,1-4H3. The van der Waals surface area contributed by atoms with Gasteiger partial charge in [0, 0.05) is 55.5 Å². The van der Waals surface area contributed by atoms with Gasteiger partial charge in [-0.25, -0.2) is 4.79 Å². The minimum atomic E-state index is -0.650. The predicted molar refractivity (Wildman–Crippen MR) is 113 cm³/mol. The third-order valence-corrected chi connectivity index (χ3v) is 6.75. The maximum absolute atomic E-state index is 12.9. The van der Waals surface area contributed by atoms with Crippen LogP contribution in [0.5, 0.6) is 5.75 Å². The summed E-state index contributed by atoms with van der Waals surface area (Å²) < 4.78 is 11.3. The molecule has 2 aliphatic rings. The van der Waals surface area contributed by atoms with E-state index in [-0.39, 0.29) is 22.9 Å². The van der Waals surface area contributed by atoms with Gasteiger partial charge in [-0.3, -0.25) is 9.59 Å². The van der Waals surface area contributed by atoms with Gasteiger partial charge in [-0.05, 0) is 51.3 Å². The smallest absolute Gasteiger partial charge is 0.339 e. The zero-order valence-electron chi connectivity index (χ0n) is 18.0. The number of ether oxygens (including phenoxy) is 1. The Bertz CT molecular complexity index is 1070. The summed E-state index contributed by atoms with van der Waals surface area (Å²) in [5.74, 6) is 0.621. The summed E-state index contributed by atoms with van der Waals surface area (Å²) >= 11 is 0. The van der Waals surface area contributed by atoms with Gasteiger partial charge in [0.25, 0.3) is 5.91 Å². The number of hydrogen-bond donors (Lipinski definition) is 0. The highest BCUT2D eigenvalue weighted by atomic mass is 16.5. The lowest BCUT2D eigenvalue weighted by molar-refractivity contribution is -0.140. The fourth-order valence-corrected chi connectivity index (χ4v) is 4.65. The third-order valence-electron chi connectivity index (χ3n) is 6.75. The molecule has 1 unspecified atom stereocenters. The molecular weight excluding hydrogens is 384 g/mol. The summed E-state index contributed by atoms with van der Waals surface area (Å²) in [4.78, 5) is 40.4. The lowest BCUT2D eigenvalue weighted by Crippen LogP contribution is -2.48. The number of carbonyl (C=O) groups is 2. The van der Waals surface area contributed by atoms with Gasteiger partial charge in [-0.1, -0.05) is 0 Å². The first-order valence-corrected chi connectivity index (χ1v) is 10.4. The van der Waals surface area contributed by atoms with Crippen molar-refractivity contribution in [3.05, 3.63) is 39.7 Å². The quantitative estimate of drug-likeness (QED) is 0.724. The molecular formula is C23H28N2O5. The number of benzene rings is 1. The molecule has 0 aliphatic carbocycles. The van der Waals surface area contributed by atoms with Gasteiger partial charge in [-0.15, -0.1) is 0 Å². The van der Waals surface area contributed by atoms with Crippen molar-refractivity contribution in [1.82, 2.24) is 9.80 Å². The lowest BCUT2D eigenvalue weighted by atomic mass is 9.77. The predicted octanol–water partition coefficient (Wildman–Crippen LogP) is 2.65. The van der Waals surface area contributed by atoms with Crippen LogP contribution in [-0.4, -0.2) is 54.4 Å². The molecule has 0 bridgehead atoms.